The van der Waals surface area contributed by atoms with Gasteiger partial charge in [-0.25, -0.2) is 0 Å². The minimum absolute atomic E-state index is 0.220. The van der Waals surface area contributed by atoms with Crippen LogP contribution in [-0.4, -0.2) is 62.5 Å². The van der Waals surface area contributed by atoms with E-state index in [4.69, 9.17) is 0 Å². The molecule has 2 aliphatic rings. The highest BCUT2D eigenvalue weighted by Crippen LogP contribution is 2.34. The van der Waals surface area contributed by atoms with Gasteiger partial charge in [-0.3, -0.25) is 4.79 Å². The predicted octanol–water partition coefficient (Wildman–Crippen LogP) is 1.81. The van der Waals surface area contributed by atoms with E-state index in [-0.39, 0.29) is 5.41 Å². The lowest BCUT2D eigenvalue weighted by Crippen LogP contribution is -2.51. The monoisotopic (exact) mass is 295 g/mol. The van der Waals surface area contributed by atoms with Crippen molar-refractivity contribution in [2.75, 3.05) is 46.8 Å². The molecule has 2 rings (SSSR count). The fourth-order valence-electron chi connectivity index (χ4n) is 3.88. The number of piperidine rings is 2. The molecule has 0 spiro atoms. The Morgan fingerprint density at radius 3 is 2.43 bits per heavy atom. The van der Waals surface area contributed by atoms with Crippen LogP contribution < -0.4 is 5.32 Å². The molecule has 1 unspecified atom stereocenters. The first-order chi connectivity index (χ1) is 9.91. The van der Waals surface area contributed by atoms with Gasteiger partial charge in [0.05, 0.1) is 0 Å². The van der Waals surface area contributed by atoms with Gasteiger partial charge in [0.25, 0.3) is 0 Å². The van der Waals surface area contributed by atoms with Crippen LogP contribution in [0.3, 0.4) is 0 Å². The first-order valence-corrected chi connectivity index (χ1v) is 8.56. The predicted molar refractivity (Wildman–Crippen MR) is 87.2 cm³/mol. The van der Waals surface area contributed by atoms with Crippen LogP contribution in [0.1, 0.15) is 39.5 Å². The van der Waals surface area contributed by atoms with Crippen LogP contribution in [-0.2, 0) is 4.79 Å². The largest absolute Gasteiger partial charge is 0.342 e. The van der Waals surface area contributed by atoms with Crippen molar-refractivity contribution < 1.29 is 4.79 Å². The third-order valence-electron chi connectivity index (χ3n) is 5.39. The van der Waals surface area contributed by atoms with Gasteiger partial charge in [0.1, 0.15) is 0 Å². The quantitative estimate of drug-likeness (QED) is 0.859. The number of hydrogen-bond acceptors (Lipinski definition) is 3. The Morgan fingerprint density at radius 1 is 1.24 bits per heavy atom. The van der Waals surface area contributed by atoms with E-state index in [0.717, 1.165) is 51.5 Å². The SMILES string of the molecule is CN(C)CC1CCN(C(=O)C(C)(C)C2CCCNC2)CC1. The average Bonchev–Trinajstić information content (AvgIpc) is 2.47. The van der Waals surface area contributed by atoms with E-state index in [1.165, 1.54) is 12.8 Å². The molecule has 2 aliphatic heterocycles. The first kappa shape index (κ1) is 16.8. The Kier molecular flexibility index (Phi) is 5.67. The van der Waals surface area contributed by atoms with Gasteiger partial charge in [0.15, 0.2) is 0 Å². The van der Waals surface area contributed by atoms with Crippen LogP contribution in [0.5, 0.6) is 0 Å². The molecule has 4 heteroatoms. The van der Waals surface area contributed by atoms with Crippen LogP contribution >= 0.6 is 0 Å². The van der Waals surface area contributed by atoms with Gasteiger partial charge in [-0.05, 0) is 64.7 Å². The summed E-state index contributed by atoms with van der Waals surface area (Å²) < 4.78 is 0. The number of nitrogens with one attached hydrogen (secondary N) is 1. The molecule has 2 fully saturated rings. The van der Waals surface area contributed by atoms with Crippen molar-refractivity contribution >= 4 is 5.91 Å². The molecule has 0 aromatic carbocycles. The number of carbonyl (C=O) groups is 1. The Morgan fingerprint density at radius 2 is 1.90 bits per heavy atom. The highest BCUT2D eigenvalue weighted by Gasteiger charge is 2.40. The van der Waals surface area contributed by atoms with Crippen LogP contribution in [0, 0.1) is 17.3 Å². The zero-order valence-corrected chi connectivity index (χ0v) is 14.3. The molecule has 122 valence electrons. The summed E-state index contributed by atoms with van der Waals surface area (Å²) in [6, 6.07) is 0. The molecule has 0 saturated carbocycles. The van der Waals surface area contributed by atoms with Crippen LogP contribution in [0.15, 0.2) is 0 Å². The number of likely N-dealkylation sites (tertiary alicyclic amines) is 1. The Bertz CT molecular complexity index is 340. The second-order valence-corrected chi connectivity index (χ2v) is 7.76. The first-order valence-electron chi connectivity index (χ1n) is 8.56. The summed E-state index contributed by atoms with van der Waals surface area (Å²) in [6.07, 6.45) is 4.70. The van der Waals surface area contributed by atoms with Crippen molar-refractivity contribution in [1.82, 2.24) is 15.1 Å². The van der Waals surface area contributed by atoms with Crippen molar-refractivity contribution in [2.24, 2.45) is 17.3 Å². The van der Waals surface area contributed by atoms with E-state index in [2.05, 4.69) is 43.1 Å². The van der Waals surface area contributed by atoms with Crippen molar-refractivity contribution in [3.05, 3.63) is 0 Å². The lowest BCUT2D eigenvalue weighted by Gasteiger charge is -2.42. The minimum atomic E-state index is -0.220. The number of nitrogens with zero attached hydrogens (tertiary/aromatic N) is 2. The van der Waals surface area contributed by atoms with Crippen molar-refractivity contribution in [3.63, 3.8) is 0 Å². The zero-order chi connectivity index (χ0) is 15.5. The van der Waals surface area contributed by atoms with Crippen LogP contribution in [0.2, 0.25) is 0 Å². The molecule has 0 aromatic rings. The van der Waals surface area contributed by atoms with E-state index in [1.54, 1.807) is 0 Å². The molecular formula is C17H33N3O. The molecule has 0 radical (unpaired) electrons. The van der Waals surface area contributed by atoms with Gasteiger partial charge in [-0.1, -0.05) is 13.8 Å². The molecule has 21 heavy (non-hydrogen) atoms. The summed E-state index contributed by atoms with van der Waals surface area (Å²) in [5.41, 5.74) is -0.220. The number of carbonyl (C=O) groups excluding carboxylic acids is 1. The van der Waals surface area contributed by atoms with E-state index in [0.29, 0.717) is 11.8 Å². The smallest absolute Gasteiger partial charge is 0.228 e. The number of rotatable bonds is 4. The topological polar surface area (TPSA) is 35.6 Å². The summed E-state index contributed by atoms with van der Waals surface area (Å²) >= 11 is 0. The van der Waals surface area contributed by atoms with Gasteiger partial charge >= 0.3 is 0 Å². The fraction of sp³-hybridized carbons (Fsp3) is 0.941. The second-order valence-electron chi connectivity index (χ2n) is 7.76. The molecule has 0 aliphatic carbocycles. The van der Waals surface area contributed by atoms with E-state index < -0.39 is 0 Å². The van der Waals surface area contributed by atoms with Crippen molar-refractivity contribution in [3.8, 4) is 0 Å². The molecular weight excluding hydrogens is 262 g/mol. The van der Waals surface area contributed by atoms with Crippen LogP contribution in [0.4, 0.5) is 0 Å². The van der Waals surface area contributed by atoms with Crippen molar-refractivity contribution in [1.29, 1.82) is 0 Å². The van der Waals surface area contributed by atoms with E-state index in [1.807, 2.05) is 0 Å². The number of hydrogen-bond donors (Lipinski definition) is 1. The van der Waals surface area contributed by atoms with Crippen molar-refractivity contribution in [2.45, 2.75) is 39.5 Å². The summed E-state index contributed by atoms with van der Waals surface area (Å²) in [6.45, 7) is 9.45. The maximum Gasteiger partial charge on any atom is 0.228 e. The summed E-state index contributed by atoms with van der Waals surface area (Å²) in [7, 11) is 4.27. The van der Waals surface area contributed by atoms with Gasteiger partial charge in [-0.15, -0.1) is 0 Å². The molecule has 4 nitrogen and oxygen atoms in total. The highest BCUT2D eigenvalue weighted by atomic mass is 16.2. The normalized spacial score (nSPS) is 25.4. The van der Waals surface area contributed by atoms with E-state index >= 15 is 0 Å². The maximum atomic E-state index is 12.9. The molecule has 2 saturated heterocycles. The Hall–Kier alpha value is -0.610. The highest BCUT2D eigenvalue weighted by molar-refractivity contribution is 5.82. The Balaban J connectivity index is 1.88. The van der Waals surface area contributed by atoms with E-state index in [9.17, 15) is 4.79 Å². The van der Waals surface area contributed by atoms with Crippen LogP contribution in [0.25, 0.3) is 0 Å². The van der Waals surface area contributed by atoms with Gasteiger partial charge < -0.3 is 15.1 Å². The summed E-state index contributed by atoms with van der Waals surface area (Å²) in [4.78, 5) is 17.3. The third-order valence-corrected chi connectivity index (χ3v) is 5.39. The summed E-state index contributed by atoms with van der Waals surface area (Å²) in [5.74, 6) is 1.61. The molecule has 0 bridgehead atoms. The molecule has 0 aromatic heterocycles. The number of amides is 1. The lowest BCUT2D eigenvalue weighted by molar-refractivity contribution is -0.145. The average molecular weight is 295 g/mol. The third kappa shape index (κ3) is 4.19. The van der Waals surface area contributed by atoms with Gasteiger partial charge in [-0.2, -0.15) is 0 Å². The fourth-order valence-corrected chi connectivity index (χ4v) is 3.88. The molecule has 1 N–H and O–H groups in total. The molecule has 2 heterocycles. The maximum absolute atomic E-state index is 12.9. The summed E-state index contributed by atoms with van der Waals surface area (Å²) in [5, 5.41) is 3.45. The zero-order valence-electron chi connectivity index (χ0n) is 14.3. The standard InChI is InChI=1S/C17H33N3O/c1-17(2,15-6-5-9-18-12-15)16(21)20-10-7-14(8-11-20)13-19(3)4/h14-15,18H,5-13H2,1-4H3. The second kappa shape index (κ2) is 7.10. The molecule has 1 amide bonds. The van der Waals surface area contributed by atoms with Gasteiger partial charge in [0.2, 0.25) is 5.91 Å². The Labute approximate surface area is 130 Å². The lowest BCUT2D eigenvalue weighted by atomic mass is 9.73. The minimum Gasteiger partial charge on any atom is -0.342 e. The van der Waals surface area contributed by atoms with Gasteiger partial charge in [0, 0.05) is 25.0 Å². The molecule has 1 atom stereocenters.